The Labute approximate surface area is 126 Å². The van der Waals surface area contributed by atoms with Crippen molar-refractivity contribution in [3.63, 3.8) is 0 Å². The molecule has 1 aliphatic heterocycles. The van der Waals surface area contributed by atoms with Crippen LogP contribution in [0.5, 0.6) is 0 Å². The Morgan fingerprint density at radius 1 is 1.38 bits per heavy atom. The number of nitrogens with zero attached hydrogens (tertiary/aromatic N) is 3. The maximum absolute atomic E-state index is 12.2. The van der Waals surface area contributed by atoms with Crippen molar-refractivity contribution in [3.8, 4) is 0 Å². The number of anilines is 2. The molecule has 1 aromatic rings. The van der Waals surface area contributed by atoms with E-state index in [0.29, 0.717) is 18.9 Å². The number of nitrogens with two attached hydrogens (primary N) is 1. The Morgan fingerprint density at radius 2 is 2.00 bits per heavy atom. The predicted molar refractivity (Wildman–Crippen MR) is 84.4 cm³/mol. The fraction of sp³-hybridized carbons (Fsp3) is 0.769. The molecule has 3 N–H and O–H groups in total. The maximum Gasteiger partial charge on any atom is 0.182 e. The second kappa shape index (κ2) is 5.17. The first-order valence-corrected chi connectivity index (χ1v) is 8.98. The Balaban J connectivity index is 2.59. The van der Waals surface area contributed by atoms with Gasteiger partial charge >= 0.3 is 0 Å². The van der Waals surface area contributed by atoms with Crippen molar-refractivity contribution >= 4 is 21.5 Å². The molecule has 1 aromatic heterocycles. The number of hydrogen-bond donors (Lipinski definition) is 2. The van der Waals surface area contributed by atoms with Gasteiger partial charge in [0.05, 0.1) is 5.54 Å². The second-order valence-electron chi connectivity index (χ2n) is 6.69. The van der Waals surface area contributed by atoms with Crippen LogP contribution in [0.2, 0.25) is 0 Å². The van der Waals surface area contributed by atoms with Crippen molar-refractivity contribution in [1.29, 1.82) is 0 Å². The Bertz CT molecular complexity index is 630. The molecule has 0 amide bonds. The van der Waals surface area contributed by atoms with Gasteiger partial charge in [-0.2, -0.15) is 5.10 Å². The minimum absolute atomic E-state index is 0.145. The number of sulfone groups is 1. The number of piperazine rings is 1. The smallest absolute Gasteiger partial charge is 0.182 e. The number of nitrogen functional groups attached to an aromatic ring is 1. The highest BCUT2D eigenvalue weighted by Crippen LogP contribution is 2.33. The van der Waals surface area contributed by atoms with Crippen LogP contribution in [0.15, 0.2) is 4.90 Å². The van der Waals surface area contributed by atoms with Gasteiger partial charge in [-0.05, 0) is 27.7 Å². The molecule has 21 heavy (non-hydrogen) atoms. The standard InChI is InChI=1S/C13H25N5O2S/c1-9-8-17(7-6-15-9)12-10(21(5,19)20)11(14)18(16-12)13(2,3)4/h9,15H,6-8,14H2,1-5H3/t9-/m0/s1. The molecular formula is C13H25N5O2S. The van der Waals surface area contributed by atoms with Crippen molar-refractivity contribution in [1.82, 2.24) is 15.1 Å². The zero-order valence-electron chi connectivity index (χ0n) is 13.3. The molecule has 1 saturated heterocycles. The van der Waals surface area contributed by atoms with Crippen molar-refractivity contribution in [3.05, 3.63) is 0 Å². The molecule has 2 rings (SSSR count). The van der Waals surface area contributed by atoms with Crippen molar-refractivity contribution < 1.29 is 8.42 Å². The van der Waals surface area contributed by atoms with Gasteiger partial charge in [0, 0.05) is 31.9 Å². The van der Waals surface area contributed by atoms with Gasteiger partial charge in [-0.3, -0.25) is 0 Å². The molecule has 1 atom stereocenters. The summed E-state index contributed by atoms with van der Waals surface area (Å²) >= 11 is 0. The van der Waals surface area contributed by atoms with Crippen LogP contribution in [0, 0.1) is 0 Å². The Morgan fingerprint density at radius 3 is 2.48 bits per heavy atom. The fourth-order valence-electron chi connectivity index (χ4n) is 2.60. The first kappa shape index (κ1) is 16.1. The van der Waals surface area contributed by atoms with E-state index in [-0.39, 0.29) is 22.3 Å². The fourth-order valence-corrected chi connectivity index (χ4v) is 3.57. The highest BCUT2D eigenvalue weighted by molar-refractivity contribution is 7.91. The number of rotatable bonds is 2. The Hall–Kier alpha value is -1.28. The summed E-state index contributed by atoms with van der Waals surface area (Å²) in [6.07, 6.45) is 1.18. The van der Waals surface area contributed by atoms with Crippen molar-refractivity contribution in [2.24, 2.45) is 0 Å². The average Bonchev–Trinajstić information content (AvgIpc) is 2.66. The molecule has 0 aliphatic carbocycles. The van der Waals surface area contributed by atoms with E-state index in [0.717, 1.165) is 6.54 Å². The average molecular weight is 315 g/mol. The molecular weight excluding hydrogens is 290 g/mol. The van der Waals surface area contributed by atoms with Gasteiger partial charge in [0.2, 0.25) is 0 Å². The molecule has 1 fully saturated rings. The molecule has 0 radical (unpaired) electrons. The van der Waals surface area contributed by atoms with Gasteiger partial charge in [0.15, 0.2) is 20.6 Å². The highest BCUT2D eigenvalue weighted by atomic mass is 32.2. The molecule has 0 saturated carbocycles. The maximum atomic E-state index is 12.2. The van der Waals surface area contributed by atoms with E-state index >= 15 is 0 Å². The molecule has 120 valence electrons. The highest BCUT2D eigenvalue weighted by Gasteiger charge is 2.32. The minimum atomic E-state index is -3.44. The molecule has 0 aromatic carbocycles. The predicted octanol–water partition coefficient (Wildman–Crippen LogP) is 0.422. The summed E-state index contributed by atoms with van der Waals surface area (Å²) in [6.45, 7) is 10.1. The van der Waals surface area contributed by atoms with Crippen LogP contribution in [0.3, 0.4) is 0 Å². The third kappa shape index (κ3) is 3.16. The summed E-state index contributed by atoms with van der Waals surface area (Å²) in [5, 5.41) is 7.85. The lowest BCUT2D eigenvalue weighted by Crippen LogP contribution is -2.49. The van der Waals surface area contributed by atoms with Crippen LogP contribution >= 0.6 is 0 Å². The third-order valence-electron chi connectivity index (χ3n) is 3.53. The zero-order valence-corrected chi connectivity index (χ0v) is 14.2. The summed E-state index contributed by atoms with van der Waals surface area (Å²) in [7, 11) is -3.44. The number of aromatic nitrogens is 2. The molecule has 0 spiro atoms. The normalized spacial score (nSPS) is 20.8. The van der Waals surface area contributed by atoms with E-state index < -0.39 is 9.84 Å². The van der Waals surface area contributed by atoms with Crippen LogP contribution < -0.4 is 16.0 Å². The van der Waals surface area contributed by atoms with E-state index in [1.807, 2.05) is 25.7 Å². The van der Waals surface area contributed by atoms with E-state index in [9.17, 15) is 8.42 Å². The molecule has 2 heterocycles. The van der Waals surface area contributed by atoms with Crippen LogP contribution in [0.1, 0.15) is 27.7 Å². The van der Waals surface area contributed by atoms with E-state index in [4.69, 9.17) is 5.73 Å². The lowest BCUT2D eigenvalue weighted by molar-refractivity contribution is 0.360. The third-order valence-corrected chi connectivity index (χ3v) is 4.67. The zero-order chi connectivity index (χ0) is 16.0. The first-order valence-electron chi connectivity index (χ1n) is 7.09. The molecule has 1 aliphatic rings. The van der Waals surface area contributed by atoms with Gasteiger partial charge in [0.25, 0.3) is 0 Å². The SMILES string of the molecule is C[C@H]1CN(c2nn(C(C)(C)C)c(N)c2S(C)(=O)=O)CCN1. The van der Waals surface area contributed by atoms with Gasteiger partial charge in [-0.25, -0.2) is 13.1 Å². The largest absolute Gasteiger partial charge is 0.383 e. The molecule has 7 nitrogen and oxygen atoms in total. The quantitative estimate of drug-likeness (QED) is 0.822. The van der Waals surface area contributed by atoms with E-state index in [2.05, 4.69) is 17.3 Å². The second-order valence-corrected chi connectivity index (χ2v) is 8.65. The van der Waals surface area contributed by atoms with Gasteiger partial charge in [-0.1, -0.05) is 0 Å². The molecule has 8 heteroatoms. The molecule has 0 unspecified atom stereocenters. The Kier molecular flexibility index (Phi) is 3.96. The summed E-state index contributed by atoms with van der Waals surface area (Å²) in [4.78, 5) is 2.14. The minimum Gasteiger partial charge on any atom is -0.383 e. The van der Waals surface area contributed by atoms with E-state index in [1.54, 1.807) is 4.68 Å². The lowest BCUT2D eigenvalue weighted by Gasteiger charge is -2.32. The topological polar surface area (TPSA) is 93.2 Å². The van der Waals surface area contributed by atoms with Gasteiger partial charge in [0.1, 0.15) is 5.82 Å². The summed E-state index contributed by atoms with van der Waals surface area (Å²) in [5.74, 6) is 0.685. The summed E-state index contributed by atoms with van der Waals surface area (Å²) < 4.78 is 25.9. The lowest BCUT2D eigenvalue weighted by atomic mass is 10.1. The molecule has 0 bridgehead atoms. The monoisotopic (exact) mass is 315 g/mol. The van der Waals surface area contributed by atoms with Crippen molar-refractivity contribution in [2.45, 2.75) is 44.2 Å². The van der Waals surface area contributed by atoms with Crippen LogP contribution in [0.25, 0.3) is 0 Å². The first-order chi connectivity index (χ1) is 9.51. The van der Waals surface area contributed by atoms with E-state index in [1.165, 1.54) is 6.26 Å². The van der Waals surface area contributed by atoms with Crippen LogP contribution in [-0.2, 0) is 15.4 Å². The summed E-state index contributed by atoms with van der Waals surface area (Å²) in [6, 6.07) is 0.284. The van der Waals surface area contributed by atoms with Crippen molar-refractivity contribution in [2.75, 3.05) is 36.5 Å². The van der Waals surface area contributed by atoms with Crippen LogP contribution in [-0.4, -0.2) is 50.1 Å². The van der Waals surface area contributed by atoms with Gasteiger partial charge in [-0.15, -0.1) is 0 Å². The van der Waals surface area contributed by atoms with Gasteiger partial charge < -0.3 is 16.0 Å². The number of hydrogen-bond acceptors (Lipinski definition) is 6. The van der Waals surface area contributed by atoms with Crippen LogP contribution in [0.4, 0.5) is 11.6 Å². The summed E-state index contributed by atoms with van der Waals surface area (Å²) in [5.41, 5.74) is 5.72. The number of nitrogens with one attached hydrogen (secondary N) is 1.